The molecule has 2 rings (SSSR count). The molecule has 0 bridgehead atoms. The standard InChI is InChI=1S/C10H8ClN2O2/c1-5-12-8-4-6(10(14)15-2)3-7(11)9(8)13-5/h3-4H,1-2H3. The number of carbonyl (C=O) groups excluding carboxylic acids is 1. The molecule has 0 aromatic heterocycles. The molecular formula is C10H8ClN2O2. The monoisotopic (exact) mass is 223 g/mol. The molecule has 0 fully saturated rings. The minimum absolute atomic E-state index is 0.384. The van der Waals surface area contributed by atoms with Gasteiger partial charge in [0.1, 0.15) is 11.5 Å². The van der Waals surface area contributed by atoms with E-state index in [1.54, 1.807) is 13.0 Å². The predicted molar refractivity (Wildman–Crippen MR) is 57.4 cm³/mol. The summed E-state index contributed by atoms with van der Waals surface area (Å²) in [5.74, 6) is 0.202. The summed E-state index contributed by atoms with van der Waals surface area (Å²) >= 11 is 5.97. The SMILES string of the molecule is COC(=O)c1cc(Cl)c2c(c1)N=C(C)[N]2. The lowest BCUT2D eigenvalue weighted by Gasteiger charge is -2.03. The van der Waals surface area contributed by atoms with Crippen molar-refractivity contribution in [3.63, 3.8) is 0 Å². The molecule has 0 atom stereocenters. The lowest BCUT2D eigenvalue weighted by atomic mass is 10.2. The molecule has 15 heavy (non-hydrogen) atoms. The summed E-state index contributed by atoms with van der Waals surface area (Å²) in [5.41, 5.74) is 1.61. The van der Waals surface area contributed by atoms with Crippen LogP contribution in [0.3, 0.4) is 0 Å². The number of methoxy groups -OCH3 is 1. The van der Waals surface area contributed by atoms with Crippen LogP contribution in [-0.2, 0) is 4.74 Å². The van der Waals surface area contributed by atoms with Crippen molar-refractivity contribution in [1.29, 1.82) is 0 Å². The second-order valence-corrected chi connectivity index (χ2v) is 3.50. The lowest BCUT2D eigenvalue weighted by Crippen LogP contribution is -2.02. The van der Waals surface area contributed by atoms with E-state index < -0.39 is 5.97 Å². The first-order chi connectivity index (χ1) is 7.11. The van der Waals surface area contributed by atoms with Gasteiger partial charge in [0.25, 0.3) is 0 Å². The second-order valence-electron chi connectivity index (χ2n) is 3.09. The zero-order valence-electron chi connectivity index (χ0n) is 8.24. The fraction of sp³-hybridized carbons (Fsp3) is 0.200. The van der Waals surface area contributed by atoms with E-state index in [0.717, 1.165) is 0 Å². The van der Waals surface area contributed by atoms with Gasteiger partial charge in [0, 0.05) is 0 Å². The molecule has 77 valence electrons. The summed E-state index contributed by atoms with van der Waals surface area (Å²) < 4.78 is 4.60. The zero-order valence-corrected chi connectivity index (χ0v) is 9.00. The minimum atomic E-state index is -0.431. The Morgan fingerprint density at radius 1 is 1.47 bits per heavy atom. The third kappa shape index (κ3) is 1.68. The number of hydrogen-bond donors (Lipinski definition) is 0. The molecule has 1 radical (unpaired) electrons. The quantitative estimate of drug-likeness (QED) is 0.687. The Balaban J connectivity index is 2.51. The smallest absolute Gasteiger partial charge is 0.337 e. The van der Waals surface area contributed by atoms with Crippen LogP contribution < -0.4 is 5.32 Å². The number of fused-ring (bicyclic) bond motifs is 1. The van der Waals surface area contributed by atoms with Crippen molar-refractivity contribution < 1.29 is 9.53 Å². The first-order valence-electron chi connectivity index (χ1n) is 4.30. The first-order valence-corrected chi connectivity index (χ1v) is 4.68. The highest BCUT2D eigenvalue weighted by molar-refractivity contribution is 6.34. The third-order valence-corrected chi connectivity index (χ3v) is 2.31. The Kier molecular flexibility index (Phi) is 2.36. The number of hydrogen-bond acceptors (Lipinski definition) is 3. The largest absolute Gasteiger partial charge is 0.465 e. The van der Waals surface area contributed by atoms with E-state index in [-0.39, 0.29) is 0 Å². The van der Waals surface area contributed by atoms with E-state index in [2.05, 4.69) is 15.0 Å². The molecule has 0 saturated heterocycles. The van der Waals surface area contributed by atoms with E-state index >= 15 is 0 Å². The van der Waals surface area contributed by atoms with Crippen LogP contribution >= 0.6 is 11.6 Å². The van der Waals surface area contributed by atoms with Crippen molar-refractivity contribution in [2.45, 2.75) is 6.92 Å². The molecule has 1 aromatic carbocycles. The van der Waals surface area contributed by atoms with Gasteiger partial charge >= 0.3 is 5.97 Å². The molecule has 1 aliphatic heterocycles. The Morgan fingerprint density at radius 2 is 2.20 bits per heavy atom. The average molecular weight is 224 g/mol. The highest BCUT2D eigenvalue weighted by Crippen LogP contribution is 2.38. The normalized spacial score (nSPS) is 12.9. The number of amidine groups is 1. The predicted octanol–water partition coefficient (Wildman–Crippen LogP) is 2.43. The number of halogens is 1. The summed E-state index contributed by atoms with van der Waals surface area (Å²) in [4.78, 5) is 15.4. The molecule has 1 aliphatic rings. The van der Waals surface area contributed by atoms with Crippen molar-refractivity contribution in [3.8, 4) is 0 Å². The van der Waals surface area contributed by atoms with Crippen LogP contribution in [0.2, 0.25) is 5.02 Å². The van der Waals surface area contributed by atoms with E-state index in [1.165, 1.54) is 13.2 Å². The highest BCUT2D eigenvalue weighted by atomic mass is 35.5. The van der Waals surface area contributed by atoms with Gasteiger partial charge in [-0.3, -0.25) is 0 Å². The molecule has 0 N–H and O–H groups in total. The van der Waals surface area contributed by atoms with E-state index in [9.17, 15) is 4.79 Å². The maximum Gasteiger partial charge on any atom is 0.337 e. The minimum Gasteiger partial charge on any atom is -0.465 e. The topological polar surface area (TPSA) is 52.8 Å². The Morgan fingerprint density at radius 3 is 2.87 bits per heavy atom. The Hall–Kier alpha value is -1.55. The number of aliphatic imine (C=N–C) groups is 1. The summed E-state index contributed by atoms with van der Waals surface area (Å²) in [6, 6.07) is 3.15. The summed E-state index contributed by atoms with van der Waals surface area (Å²) in [7, 11) is 1.32. The van der Waals surface area contributed by atoms with Gasteiger partial charge in [-0.2, -0.15) is 0 Å². The number of ether oxygens (including phenoxy) is 1. The summed E-state index contributed by atoms with van der Waals surface area (Å²) in [6.45, 7) is 1.77. The molecule has 1 aromatic rings. The van der Waals surface area contributed by atoms with Crippen molar-refractivity contribution in [1.82, 2.24) is 5.32 Å². The molecule has 4 nitrogen and oxygen atoms in total. The van der Waals surface area contributed by atoms with E-state index in [0.29, 0.717) is 27.8 Å². The molecular weight excluding hydrogens is 216 g/mol. The van der Waals surface area contributed by atoms with Gasteiger partial charge < -0.3 is 4.74 Å². The van der Waals surface area contributed by atoms with E-state index in [1.807, 2.05) is 0 Å². The van der Waals surface area contributed by atoms with Crippen LogP contribution in [0.5, 0.6) is 0 Å². The van der Waals surface area contributed by atoms with Gasteiger partial charge in [-0.1, -0.05) is 11.6 Å². The van der Waals surface area contributed by atoms with Crippen LogP contribution in [0.25, 0.3) is 0 Å². The van der Waals surface area contributed by atoms with Crippen LogP contribution in [0.1, 0.15) is 17.3 Å². The van der Waals surface area contributed by atoms with Gasteiger partial charge in [0.15, 0.2) is 0 Å². The molecule has 0 unspecified atom stereocenters. The first kappa shape index (κ1) is 9.98. The van der Waals surface area contributed by atoms with Crippen molar-refractivity contribution in [2.24, 2.45) is 4.99 Å². The molecule has 5 heteroatoms. The highest BCUT2D eigenvalue weighted by Gasteiger charge is 2.19. The number of rotatable bonds is 1. The number of benzene rings is 1. The van der Waals surface area contributed by atoms with Crippen molar-refractivity contribution in [3.05, 3.63) is 22.7 Å². The maximum atomic E-state index is 11.3. The Bertz CT molecular complexity index is 469. The number of esters is 1. The van der Waals surface area contributed by atoms with Crippen molar-refractivity contribution in [2.75, 3.05) is 7.11 Å². The third-order valence-electron chi connectivity index (χ3n) is 2.02. The fourth-order valence-electron chi connectivity index (χ4n) is 1.38. The summed E-state index contributed by atoms with van der Waals surface area (Å²) in [5, 5.41) is 4.55. The number of carbonyl (C=O) groups is 1. The van der Waals surface area contributed by atoms with Gasteiger partial charge in [0.2, 0.25) is 0 Å². The second kappa shape index (κ2) is 3.55. The molecule has 0 amide bonds. The lowest BCUT2D eigenvalue weighted by molar-refractivity contribution is 0.0601. The van der Waals surface area contributed by atoms with Gasteiger partial charge in [-0.05, 0) is 19.1 Å². The van der Waals surface area contributed by atoms with Crippen LogP contribution in [0.4, 0.5) is 11.4 Å². The molecule has 1 heterocycles. The van der Waals surface area contributed by atoms with Crippen molar-refractivity contribution >= 4 is 34.8 Å². The fourth-order valence-corrected chi connectivity index (χ4v) is 1.63. The van der Waals surface area contributed by atoms with Crippen LogP contribution in [-0.4, -0.2) is 18.9 Å². The molecule has 0 spiro atoms. The number of nitrogens with zero attached hydrogens (tertiary/aromatic N) is 2. The van der Waals surface area contributed by atoms with Gasteiger partial charge in [0.05, 0.1) is 23.4 Å². The summed E-state index contributed by atoms with van der Waals surface area (Å²) in [6.07, 6.45) is 0. The molecule has 0 saturated carbocycles. The van der Waals surface area contributed by atoms with Gasteiger partial charge in [-0.25, -0.2) is 15.1 Å². The Labute approximate surface area is 91.9 Å². The van der Waals surface area contributed by atoms with E-state index in [4.69, 9.17) is 11.6 Å². The molecule has 0 aliphatic carbocycles. The van der Waals surface area contributed by atoms with Crippen LogP contribution in [0, 0.1) is 0 Å². The maximum absolute atomic E-state index is 11.3. The van der Waals surface area contributed by atoms with Gasteiger partial charge in [-0.15, -0.1) is 0 Å². The zero-order chi connectivity index (χ0) is 11.0. The van der Waals surface area contributed by atoms with Crippen LogP contribution in [0.15, 0.2) is 17.1 Å². The average Bonchev–Trinajstić information content (AvgIpc) is 2.58.